The van der Waals surface area contributed by atoms with E-state index in [9.17, 15) is 0 Å². The summed E-state index contributed by atoms with van der Waals surface area (Å²) < 4.78 is 2.30. The molecule has 2 aromatic carbocycles. The van der Waals surface area contributed by atoms with Gasteiger partial charge in [0.1, 0.15) is 11.3 Å². The molecule has 5 rings (SSSR count). The van der Waals surface area contributed by atoms with E-state index in [-0.39, 0.29) is 0 Å². The Morgan fingerprint density at radius 3 is 2.39 bits per heavy atom. The topological polar surface area (TPSA) is 59.4 Å². The van der Waals surface area contributed by atoms with E-state index in [0.29, 0.717) is 0 Å². The molecule has 0 saturated carbocycles. The van der Waals surface area contributed by atoms with Gasteiger partial charge < -0.3 is 0 Å². The zero-order chi connectivity index (χ0) is 19.4. The van der Waals surface area contributed by atoms with Crippen LogP contribution in [0.15, 0.2) is 48.7 Å². The van der Waals surface area contributed by atoms with Gasteiger partial charge in [0, 0.05) is 22.0 Å². The van der Waals surface area contributed by atoms with Crippen molar-refractivity contribution in [3.63, 3.8) is 0 Å². The summed E-state index contributed by atoms with van der Waals surface area (Å²) >= 11 is 0. The number of aromatic nitrogens is 5. The molecular formula is C23H21N5. The molecule has 0 amide bonds. The number of benzene rings is 2. The van der Waals surface area contributed by atoms with Gasteiger partial charge >= 0.3 is 0 Å². The Balaban J connectivity index is 2.01. The van der Waals surface area contributed by atoms with Crippen molar-refractivity contribution < 1.29 is 0 Å². The summed E-state index contributed by atoms with van der Waals surface area (Å²) in [6.07, 6.45) is 1.77. The molecule has 0 fully saturated rings. The molecule has 0 bridgehead atoms. The lowest BCUT2D eigenvalue weighted by molar-refractivity contribution is 0.942. The monoisotopic (exact) mass is 367 g/mol. The summed E-state index contributed by atoms with van der Waals surface area (Å²) in [5.41, 5.74) is 9.89. The zero-order valence-electron chi connectivity index (χ0n) is 16.4. The van der Waals surface area contributed by atoms with E-state index in [1.165, 1.54) is 27.8 Å². The van der Waals surface area contributed by atoms with Crippen LogP contribution in [0.25, 0.3) is 38.9 Å². The predicted molar refractivity (Wildman–Crippen MR) is 113 cm³/mol. The van der Waals surface area contributed by atoms with Gasteiger partial charge in [-0.05, 0) is 51.0 Å². The molecule has 0 radical (unpaired) electrons. The van der Waals surface area contributed by atoms with Crippen LogP contribution in [0.5, 0.6) is 0 Å². The number of rotatable bonds is 2. The predicted octanol–water partition coefficient (Wildman–Crippen LogP) is 5.20. The molecule has 3 heterocycles. The fourth-order valence-electron chi connectivity index (χ4n) is 4.36. The molecule has 5 nitrogen and oxygen atoms in total. The highest BCUT2D eigenvalue weighted by Crippen LogP contribution is 2.38. The molecule has 138 valence electrons. The standard InChI is InChI=1S/C23H21N5/c1-13-9-14(2)22(15(3)10-13)28-20-8-6-5-7-17(20)21-18(19-12-24-27-26-19)11-16(4)25-23(21)28/h5-12H,1-4H3,(H,24,26,27). The minimum atomic E-state index is 0.829. The van der Waals surface area contributed by atoms with Crippen LogP contribution in [-0.2, 0) is 0 Å². The number of hydrogen-bond acceptors (Lipinski definition) is 3. The van der Waals surface area contributed by atoms with Crippen LogP contribution >= 0.6 is 0 Å². The van der Waals surface area contributed by atoms with Crippen molar-refractivity contribution in [2.75, 3.05) is 0 Å². The third-order valence-electron chi connectivity index (χ3n) is 5.30. The van der Waals surface area contributed by atoms with Crippen molar-refractivity contribution in [1.82, 2.24) is 25.0 Å². The number of fused-ring (bicyclic) bond motifs is 3. The Morgan fingerprint density at radius 1 is 0.929 bits per heavy atom. The average molecular weight is 367 g/mol. The van der Waals surface area contributed by atoms with Gasteiger partial charge in [-0.25, -0.2) is 4.98 Å². The zero-order valence-corrected chi connectivity index (χ0v) is 16.4. The highest BCUT2D eigenvalue weighted by molar-refractivity contribution is 6.14. The van der Waals surface area contributed by atoms with Gasteiger partial charge in [-0.15, -0.1) is 0 Å². The summed E-state index contributed by atoms with van der Waals surface area (Å²) in [5, 5.41) is 13.4. The number of H-pyrrole nitrogens is 1. The second kappa shape index (κ2) is 6.02. The summed E-state index contributed by atoms with van der Waals surface area (Å²) in [4.78, 5) is 4.97. The molecule has 0 spiro atoms. The molecule has 0 atom stereocenters. The van der Waals surface area contributed by atoms with Gasteiger partial charge in [0.05, 0.1) is 17.4 Å². The number of pyridine rings is 1. The number of para-hydroxylation sites is 1. The number of aromatic amines is 1. The molecule has 3 aromatic heterocycles. The van der Waals surface area contributed by atoms with E-state index < -0.39 is 0 Å². The normalized spacial score (nSPS) is 11.6. The quantitative estimate of drug-likeness (QED) is 0.467. The van der Waals surface area contributed by atoms with Crippen molar-refractivity contribution >= 4 is 21.9 Å². The fraction of sp³-hybridized carbons (Fsp3) is 0.174. The summed E-state index contributed by atoms with van der Waals surface area (Å²) in [7, 11) is 0. The largest absolute Gasteiger partial charge is 0.293 e. The Labute approximate surface area is 163 Å². The van der Waals surface area contributed by atoms with Gasteiger partial charge in [-0.2, -0.15) is 15.4 Å². The first-order valence-electron chi connectivity index (χ1n) is 9.40. The lowest BCUT2D eigenvalue weighted by Crippen LogP contribution is -2.02. The highest BCUT2D eigenvalue weighted by atomic mass is 15.3. The van der Waals surface area contributed by atoms with E-state index in [0.717, 1.165) is 33.5 Å². The van der Waals surface area contributed by atoms with Crippen LogP contribution in [0.2, 0.25) is 0 Å². The molecule has 0 aliphatic carbocycles. The lowest BCUT2D eigenvalue weighted by atomic mass is 10.0. The molecule has 5 aromatic rings. The maximum atomic E-state index is 4.97. The number of nitrogens with zero attached hydrogens (tertiary/aromatic N) is 4. The molecular weight excluding hydrogens is 346 g/mol. The van der Waals surface area contributed by atoms with Crippen LogP contribution in [0, 0.1) is 27.7 Å². The van der Waals surface area contributed by atoms with Crippen molar-refractivity contribution in [3.05, 3.63) is 71.0 Å². The van der Waals surface area contributed by atoms with Crippen LogP contribution in [0.4, 0.5) is 0 Å². The smallest absolute Gasteiger partial charge is 0.146 e. The number of aryl methyl sites for hydroxylation is 4. The number of nitrogens with one attached hydrogen (secondary N) is 1. The van der Waals surface area contributed by atoms with Gasteiger partial charge in [-0.3, -0.25) is 4.57 Å². The van der Waals surface area contributed by atoms with E-state index in [1.54, 1.807) is 6.20 Å². The summed E-state index contributed by atoms with van der Waals surface area (Å²) in [6.45, 7) is 8.51. The first-order valence-corrected chi connectivity index (χ1v) is 9.40. The molecule has 0 saturated heterocycles. The molecule has 0 aliphatic heterocycles. The van der Waals surface area contributed by atoms with E-state index >= 15 is 0 Å². The maximum Gasteiger partial charge on any atom is 0.146 e. The Kier molecular flexibility index (Phi) is 3.59. The van der Waals surface area contributed by atoms with Crippen molar-refractivity contribution in [2.45, 2.75) is 27.7 Å². The van der Waals surface area contributed by atoms with Crippen molar-refractivity contribution in [3.8, 4) is 16.9 Å². The second-order valence-corrected chi connectivity index (χ2v) is 7.46. The van der Waals surface area contributed by atoms with Gasteiger partial charge in [0.2, 0.25) is 0 Å². The first-order chi connectivity index (χ1) is 13.5. The third kappa shape index (κ3) is 2.36. The van der Waals surface area contributed by atoms with E-state index in [2.05, 4.69) is 83.2 Å². The fourth-order valence-corrected chi connectivity index (χ4v) is 4.36. The Bertz CT molecular complexity index is 1320. The van der Waals surface area contributed by atoms with Crippen molar-refractivity contribution in [2.24, 2.45) is 0 Å². The van der Waals surface area contributed by atoms with Crippen LogP contribution < -0.4 is 0 Å². The summed E-state index contributed by atoms with van der Waals surface area (Å²) in [6, 6.07) is 15.0. The van der Waals surface area contributed by atoms with E-state index in [4.69, 9.17) is 4.98 Å². The first kappa shape index (κ1) is 16.7. The lowest BCUT2D eigenvalue weighted by Gasteiger charge is -2.15. The van der Waals surface area contributed by atoms with Gasteiger partial charge in [0.15, 0.2) is 0 Å². The summed E-state index contributed by atoms with van der Waals surface area (Å²) in [5.74, 6) is 0. The molecule has 28 heavy (non-hydrogen) atoms. The maximum absolute atomic E-state index is 4.97. The minimum absolute atomic E-state index is 0.829. The second-order valence-electron chi connectivity index (χ2n) is 7.46. The Hall–Kier alpha value is -3.47. The van der Waals surface area contributed by atoms with Crippen LogP contribution in [-0.4, -0.2) is 25.0 Å². The molecule has 1 N–H and O–H groups in total. The average Bonchev–Trinajstić information content (AvgIpc) is 3.28. The third-order valence-corrected chi connectivity index (χ3v) is 5.30. The van der Waals surface area contributed by atoms with Gasteiger partial charge in [0.25, 0.3) is 0 Å². The SMILES string of the molecule is Cc1cc(C)c(-n2c3ccccc3c3c(-c4cn[nH]n4)cc(C)nc32)c(C)c1. The molecule has 5 heteroatoms. The Morgan fingerprint density at radius 2 is 1.68 bits per heavy atom. The van der Waals surface area contributed by atoms with Gasteiger partial charge in [-0.1, -0.05) is 35.9 Å². The molecule has 0 unspecified atom stereocenters. The van der Waals surface area contributed by atoms with E-state index in [1.807, 2.05) is 6.92 Å². The number of hydrogen-bond donors (Lipinski definition) is 1. The highest BCUT2D eigenvalue weighted by Gasteiger charge is 2.20. The van der Waals surface area contributed by atoms with Crippen LogP contribution in [0.3, 0.4) is 0 Å². The van der Waals surface area contributed by atoms with Crippen molar-refractivity contribution in [1.29, 1.82) is 0 Å². The van der Waals surface area contributed by atoms with Crippen LogP contribution in [0.1, 0.15) is 22.4 Å². The minimum Gasteiger partial charge on any atom is -0.293 e. The molecule has 0 aliphatic rings.